The van der Waals surface area contributed by atoms with Gasteiger partial charge in [0.2, 0.25) is 0 Å². The summed E-state index contributed by atoms with van der Waals surface area (Å²) >= 11 is 0. The summed E-state index contributed by atoms with van der Waals surface area (Å²) in [5.41, 5.74) is 0.637. The molecule has 0 saturated heterocycles. The first-order chi connectivity index (χ1) is 9.20. The van der Waals surface area contributed by atoms with Gasteiger partial charge in [-0.2, -0.15) is 0 Å². The second-order valence-corrected chi connectivity index (χ2v) is 7.95. The molecule has 1 aromatic carbocycles. The lowest BCUT2D eigenvalue weighted by Gasteiger charge is -2.33. The van der Waals surface area contributed by atoms with Crippen LogP contribution >= 0.6 is 0 Å². The van der Waals surface area contributed by atoms with Gasteiger partial charge >= 0.3 is 0 Å². The van der Waals surface area contributed by atoms with E-state index >= 15 is 0 Å². The van der Waals surface area contributed by atoms with Crippen molar-refractivity contribution >= 4 is 15.5 Å². The van der Waals surface area contributed by atoms with Crippen LogP contribution in [0.3, 0.4) is 0 Å². The molecule has 1 rings (SSSR count). The Hall–Kier alpha value is -1.07. The molecule has 0 bridgehead atoms. The summed E-state index contributed by atoms with van der Waals surface area (Å²) in [5.74, 6) is 0.183. The first-order valence-electron chi connectivity index (χ1n) is 6.94. The highest BCUT2D eigenvalue weighted by Gasteiger charge is 2.22. The Morgan fingerprint density at radius 3 is 2.35 bits per heavy atom. The SMILES string of the molecule is CCCS(=O)(=O)c1ccccc1NCC(C)(C)N(C)C. The van der Waals surface area contributed by atoms with E-state index in [2.05, 4.69) is 24.1 Å². The van der Waals surface area contributed by atoms with E-state index in [4.69, 9.17) is 0 Å². The average Bonchev–Trinajstić information content (AvgIpc) is 2.36. The molecule has 0 fully saturated rings. The zero-order valence-electron chi connectivity index (χ0n) is 13.1. The lowest BCUT2D eigenvalue weighted by Crippen LogP contribution is -2.44. The molecule has 0 aliphatic carbocycles. The fraction of sp³-hybridized carbons (Fsp3) is 0.600. The monoisotopic (exact) mass is 298 g/mol. The van der Waals surface area contributed by atoms with Crippen molar-refractivity contribution in [2.45, 2.75) is 37.6 Å². The molecule has 1 N–H and O–H groups in total. The number of rotatable bonds is 7. The number of nitrogens with one attached hydrogen (secondary N) is 1. The lowest BCUT2D eigenvalue weighted by atomic mass is 10.0. The third-order valence-corrected chi connectivity index (χ3v) is 5.59. The molecular formula is C15H26N2O2S. The lowest BCUT2D eigenvalue weighted by molar-refractivity contribution is 0.210. The summed E-state index contributed by atoms with van der Waals surface area (Å²) in [6, 6.07) is 7.13. The van der Waals surface area contributed by atoms with Crippen LogP contribution in [0.15, 0.2) is 29.2 Å². The molecule has 0 atom stereocenters. The van der Waals surface area contributed by atoms with E-state index in [9.17, 15) is 8.42 Å². The van der Waals surface area contributed by atoms with Crippen molar-refractivity contribution in [1.82, 2.24) is 4.90 Å². The Morgan fingerprint density at radius 1 is 1.20 bits per heavy atom. The summed E-state index contributed by atoms with van der Waals surface area (Å²) in [5, 5.41) is 3.28. The zero-order chi connectivity index (χ0) is 15.4. The van der Waals surface area contributed by atoms with E-state index < -0.39 is 9.84 Å². The van der Waals surface area contributed by atoms with Crippen LogP contribution < -0.4 is 5.32 Å². The van der Waals surface area contributed by atoms with Crippen molar-refractivity contribution in [3.8, 4) is 0 Å². The number of sulfone groups is 1. The highest BCUT2D eigenvalue weighted by Crippen LogP contribution is 2.23. The number of hydrogen-bond acceptors (Lipinski definition) is 4. The molecule has 0 heterocycles. The van der Waals surface area contributed by atoms with Crippen LogP contribution in [-0.2, 0) is 9.84 Å². The van der Waals surface area contributed by atoms with Gasteiger partial charge in [-0.3, -0.25) is 0 Å². The van der Waals surface area contributed by atoms with Gasteiger partial charge in [-0.1, -0.05) is 19.1 Å². The minimum Gasteiger partial charge on any atom is -0.382 e. The maximum Gasteiger partial charge on any atom is 0.180 e. The fourth-order valence-corrected chi connectivity index (χ4v) is 3.25. The first kappa shape index (κ1) is 17.0. The van der Waals surface area contributed by atoms with Gasteiger partial charge in [-0.25, -0.2) is 8.42 Å². The Labute approximate surface area is 123 Å². The quantitative estimate of drug-likeness (QED) is 0.840. The van der Waals surface area contributed by atoms with E-state index in [1.165, 1.54) is 0 Å². The molecular weight excluding hydrogens is 272 g/mol. The van der Waals surface area contributed by atoms with E-state index in [0.29, 0.717) is 23.5 Å². The molecule has 0 aliphatic rings. The van der Waals surface area contributed by atoms with Crippen molar-refractivity contribution in [3.63, 3.8) is 0 Å². The average molecular weight is 298 g/mol. The Balaban J connectivity index is 2.98. The summed E-state index contributed by atoms with van der Waals surface area (Å²) in [6.07, 6.45) is 0.625. The number of anilines is 1. The molecule has 5 heteroatoms. The molecule has 0 amide bonds. The predicted octanol–water partition coefficient (Wildman–Crippen LogP) is 2.62. The van der Waals surface area contributed by atoms with E-state index in [-0.39, 0.29) is 11.3 Å². The molecule has 0 unspecified atom stereocenters. The van der Waals surface area contributed by atoms with E-state index in [1.807, 2.05) is 33.2 Å². The largest absolute Gasteiger partial charge is 0.382 e. The van der Waals surface area contributed by atoms with E-state index in [0.717, 1.165) is 0 Å². The molecule has 114 valence electrons. The second kappa shape index (κ2) is 6.59. The molecule has 20 heavy (non-hydrogen) atoms. The van der Waals surface area contributed by atoms with Crippen LogP contribution in [0.25, 0.3) is 0 Å². The molecule has 1 aromatic rings. The zero-order valence-corrected chi connectivity index (χ0v) is 13.9. The van der Waals surface area contributed by atoms with Crippen LogP contribution in [0.5, 0.6) is 0 Å². The van der Waals surface area contributed by atoms with Gasteiger partial charge in [0.05, 0.1) is 16.3 Å². The normalized spacial score (nSPS) is 12.7. The Morgan fingerprint density at radius 2 is 1.80 bits per heavy atom. The fourth-order valence-electron chi connectivity index (χ4n) is 1.73. The number of para-hydroxylation sites is 1. The topological polar surface area (TPSA) is 49.4 Å². The van der Waals surface area contributed by atoms with Crippen molar-refractivity contribution in [3.05, 3.63) is 24.3 Å². The smallest absolute Gasteiger partial charge is 0.180 e. The Bertz CT molecular complexity index is 537. The predicted molar refractivity (Wildman–Crippen MR) is 85.0 cm³/mol. The van der Waals surface area contributed by atoms with Crippen LogP contribution in [0, 0.1) is 0 Å². The number of nitrogens with zero attached hydrogens (tertiary/aromatic N) is 1. The van der Waals surface area contributed by atoms with Crippen molar-refractivity contribution in [1.29, 1.82) is 0 Å². The van der Waals surface area contributed by atoms with Crippen molar-refractivity contribution < 1.29 is 8.42 Å². The number of likely N-dealkylation sites (N-methyl/N-ethyl adjacent to an activating group) is 1. The van der Waals surface area contributed by atoms with Gasteiger partial charge in [-0.05, 0) is 46.5 Å². The third-order valence-electron chi connectivity index (χ3n) is 3.62. The van der Waals surface area contributed by atoms with Gasteiger partial charge in [0.1, 0.15) is 0 Å². The minimum atomic E-state index is -3.21. The van der Waals surface area contributed by atoms with Gasteiger partial charge < -0.3 is 10.2 Å². The van der Waals surface area contributed by atoms with Gasteiger partial charge in [0.25, 0.3) is 0 Å². The minimum absolute atomic E-state index is 0.0539. The van der Waals surface area contributed by atoms with Gasteiger partial charge in [0, 0.05) is 12.1 Å². The highest BCUT2D eigenvalue weighted by molar-refractivity contribution is 7.91. The standard InChI is InChI=1S/C15H26N2O2S/c1-6-11-20(18,19)14-10-8-7-9-13(14)16-12-15(2,3)17(4)5/h7-10,16H,6,11-12H2,1-5H3. The van der Waals surface area contributed by atoms with Gasteiger partial charge in [-0.15, -0.1) is 0 Å². The second-order valence-electron chi connectivity index (χ2n) is 5.88. The van der Waals surface area contributed by atoms with E-state index in [1.54, 1.807) is 12.1 Å². The van der Waals surface area contributed by atoms with Crippen molar-refractivity contribution in [2.24, 2.45) is 0 Å². The van der Waals surface area contributed by atoms with Gasteiger partial charge in [0.15, 0.2) is 9.84 Å². The number of hydrogen-bond donors (Lipinski definition) is 1. The molecule has 0 saturated carbocycles. The summed E-state index contributed by atoms with van der Waals surface area (Å²) in [6.45, 7) is 6.79. The molecule has 0 aromatic heterocycles. The highest BCUT2D eigenvalue weighted by atomic mass is 32.2. The summed E-state index contributed by atoms with van der Waals surface area (Å²) < 4.78 is 24.5. The molecule has 0 aliphatic heterocycles. The summed E-state index contributed by atoms with van der Waals surface area (Å²) in [7, 11) is 0.826. The third kappa shape index (κ3) is 4.21. The van der Waals surface area contributed by atoms with Crippen LogP contribution in [-0.4, -0.2) is 45.2 Å². The number of benzene rings is 1. The maximum absolute atomic E-state index is 12.3. The van der Waals surface area contributed by atoms with Crippen LogP contribution in [0.4, 0.5) is 5.69 Å². The summed E-state index contributed by atoms with van der Waals surface area (Å²) in [4.78, 5) is 2.51. The Kier molecular flexibility index (Phi) is 5.59. The first-order valence-corrected chi connectivity index (χ1v) is 8.59. The molecule has 0 spiro atoms. The molecule has 0 radical (unpaired) electrons. The van der Waals surface area contributed by atoms with Crippen LogP contribution in [0.1, 0.15) is 27.2 Å². The maximum atomic E-state index is 12.3. The molecule has 4 nitrogen and oxygen atoms in total. The van der Waals surface area contributed by atoms with Crippen LogP contribution in [0.2, 0.25) is 0 Å². The van der Waals surface area contributed by atoms with Crippen molar-refractivity contribution in [2.75, 3.05) is 31.7 Å².